The van der Waals surface area contributed by atoms with Gasteiger partial charge in [-0.3, -0.25) is 0 Å². The largest absolute Gasteiger partial charge is 0.444 e. The number of amides is 3. The van der Waals surface area contributed by atoms with E-state index in [1.807, 2.05) is 71.7 Å². The third-order valence-corrected chi connectivity index (χ3v) is 3.25. The van der Waals surface area contributed by atoms with E-state index in [0.29, 0.717) is 13.1 Å². The first-order valence-electron chi connectivity index (χ1n) is 8.82. The van der Waals surface area contributed by atoms with Crippen molar-refractivity contribution in [2.45, 2.75) is 46.8 Å². The summed E-state index contributed by atoms with van der Waals surface area (Å²) < 4.78 is 10.0. The summed E-state index contributed by atoms with van der Waals surface area (Å²) in [5.74, 6) is 0. The van der Waals surface area contributed by atoms with Crippen molar-refractivity contribution in [2.75, 3.05) is 27.2 Å². The van der Waals surface area contributed by atoms with Crippen LogP contribution in [0, 0.1) is 0 Å². The number of urea groups is 1. The van der Waals surface area contributed by atoms with Crippen molar-refractivity contribution in [3.63, 3.8) is 0 Å². The van der Waals surface area contributed by atoms with Gasteiger partial charge in [-0.1, -0.05) is 44.2 Å². The molecule has 1 aliphatic rings. The SMILES string of the molecule is C=O.CC.CN1CCN(C(=O)OCc2ccccc2)C1=O.COC(C)(C)C. The van der Waals surface area contributed by atoms with Crippen LogP contribution in [0.3, 0.4) is 0 Å². The average molecular weight is 383 g/mol. The minimum absolute atomic E-state index is 0.0417. The second-order valence-corrected chi connectivity index (χ2v) is 6.21. The van der Waals surface area contributed by atoms with Crippen molar-refractivity contribution in [3.8, 4) is 0 Å². The second kappa shape index (κ2) is 14.7. The van der Waals surface area contributed by atoms with Crippen LogP contribution in [-0.2, 0) is 20.9 Å². The number of benzene rings is 1. The van der Waals surface area contributed by atoms with E-state index in [1.54, 1.807) is 14.2 Å². The van der Waals surface area contributed by atoms with Crippen LogP contribution in [-0.4, -0.2) is 61.6 Å². The van der Waals surface area contributed by atoms with Crippen LogP contribution >= 0.6 is 0 Å². The lowest BCUT2D eigenvalue weighted by Gasteiger charge is -2.14. The highest BCUT2D eigenvalue weighted by molar-refractivity contribution is 5.92. The number of nitrogens with zero attached hydrogens (tertiary/aromatic N) is 2. The van der Waals surface area contributed by atoms with Crippen molar-refractivity contribution < 1.29 is 23.9 Å². The van der Waals surface area contributed by atoms with Crippen molar-refractivity contribution in [1.29, 1.82) is 0 Å². The zero-order valence-electron chi connectivity index (χ0n) is 17.7. The van der Waals surface area contributed by atoms with Crippen LogP contribution in [0.4, 0.5) is 9.59 Å². The smallest absolute Gasteiger partial charge is 0.418 e. The highest BCUT2D eigenvalue weighted by Crippen LogP contribution is 2.09. The summed E-state index contributed by atoms with van der Waals surface area (Å²) in [6.45, 7) is 13.2. The first-order valence-corrected chi connectivity index (χ1v) is 8.82. The Morgan fingerprint density at radius 1 is 1.11 bits per heavy atom. The van der Waals surface area contributed by atoms with Gasteiger partial charge in [-0.15, -0.1) is 0 Å². The van der Waals surface area contributed by atoms with Gasteiger partial charge in [-0.25, -0.2) is 14.5 Å². The molecule has 1 aromatic carbocycles. The van der Waals surface area contributed by atoms with Gasteiger partial charge in [0.25, 0.3) is 0 Å². The van der Waals surface area contributed by atoms with Crippen molar-refractivity contribution in [1.82, 2.24) is 9.80 Å². The fourth-order valence-electron chi connectivity index (χ4n) is 1.61. The molecule has 0 aliphatic carbocycles. The topological polar surface area (TPSA) is 76.2 Å². The summed E-state index contributed by atoms with van der Waals surface area (Å²) in [5.41, 5.74) is 0.945. The number of hydrogen-bond donors (Lipinski definition) is 0. The third-order valence-electron chi connectivity index (χ3n) is 3.25. The summed E-state index contributed by atoms with van der Waals surface area (Å²) in [6.07, 6.45) is -0.580. The van der Waals surface area contributed by atoms with Crippen molar-refractivity contribution in [2.24, 2.45) is 0 Å². The third kappa shape index (κ3) is 11.8. The molecule has 0 aromatic heterocycles. The zero-order chi connectivity index (χ0) is 21.5. The molecule has 7 heteroatoms. The fourth-order valence-corrected chi connectivity index (χ4v) is 1.61. The first kappa shape index (κ1) is 26.8. The van der Waals surface area contributed by atoms with Crippen LogP contribution in [0.1, 0.15) is 40.2 Å². The Bertz CT molecular complexity index is 529. The molecule has 27 heavy (non-hydrogen) atoms. The van der Waals surface area contributed by atoms with E-state index in [1.165, 1.54) is 4.90 Å². The van der Waals surface area contributed by atoms with Crippen LogP contribution in [0.5, 0.6) is 0 Å². The Labute approximate surface area is 163 Å². The minimum atomic E-state index is -0.580. The number of hydrogen-bond acceptors (Lipinski definition) is 5. The molecule has 0 unspecified atom stereocenters. The summed E-state index contributed by atoms with van der Waals surface area (Å²) in [6, 6.07) is 9.07. The molecule has 0 atom stereocenters. The van der Waals surface area contributed by atoms with E-state index in [-0.39, 0.29) is 18.2 Å². The van der Waals surface area contributed by atoms with Crippen LogP contribution in [0.25, 0.3) is 0 Å². The molecule has 154 valence electrons. The lowest BCUT2D eigenvalue weighted by atomic mass is 10.2. The highest BCUT2D eigenvalue weighted by Gasteiger charge is 2.31. The molecule has 3 amide bonds. The van der Waals surface area contributed by atoms with Crippen LogP contribution < -0.4 is 0 Å². The Kier molecular flexibility index (Phi) is 14.6. The van der Waals surface area contributed by atoms with Gasteiger partial charge < -0.3 is 19.2 Å². The van der Waals surface area contributed by atoms with E-state index < -0.39 is 6.09 Å². The Morgan fingerprint density at radius 3 is 1.96 bits per heavy atom. The van der Waals surface area contributed by atoms with Gasteiger partial charge in [-0.05, 0) is 26.3 Å². The van der Waals surface area contributed by atoms with E-state index in [4.69, 9.17) is 14.3 Å². The number of carbonyl (C=O) groups excluding carboxylic acids is 3. The molecule has 0 radical (unpaired) electrons. The normalized spacial score (nSPS) is 12.6. The minimum Gasteiger partial charge on any atom is -0.444 e. The number of carbonyl (C=O) groups is 3. The molecule has 0 spiro atoms. The molecule has 7 nitrogen and oxygen atoms in total. The number of ether oxygens (including phenoxy) is 2. The predicted octanol–water partition coefficient (Wildman–Crippen LogP) is 3.96. The average Bonchev–Trinajstić information content (AvgIpc) is 3.03. The summed E-state index contributed by atoms with van der Waals surface area (Å²) in [4.78, 5) is 33.7. The lowest BCUT2D eigenvalue weighted by molar-refractivity contribution is -0.0980. The molecule has 1 saturated heterocycles. The van der Waals surface area contributed by atoms with Gasteiger partial charge in [0.15, 0.2) is 0 Å². The summed E-state index contributed by atoms with van der Waals surface area (Å²) in [7, 11) is 3.37. The summed E-state index contributed by atoms with van der Waals surface area (Å²) >= 11 is 0. The molecular weight excluding hydrogens is 348 g/mol. The molecule has 0 N–H and O–H groups in total. The standard InChI is InChI=1S/C12H14N2O3.C5H12O.C2H6.CH2O/c1-13-7-8-14(11(13)15)12(16)17-9-10-5-3-2-4-6-10;1-5(2,3)6-4;2*1-2/h2-6H,7-9H2,1H3;1-4H3;1-2H3;1H2. The molecule has 0 saturated carbocycles. The van der Waals surface area contributed by atoms with Crippen molar-refractivity contribution in [3.05, 3.63) is 35.9 Å². The van der Waals surface area contributed by atoms with Gasteiger partial charge in [0, 0.05) is 20.7 Å². The first-order chi connectivity index (χ1) is 12.7. The predicted molar refractivity (Wildman–Crippen MR) is 107 cm³/mol. The fraction of sp³-hybridized carbons (Fsp3) is 0.550. The van der Waals surface area contributed by atoms with Gasteiger partial charge in [-0.2, -0.15) is 0 Å². The molecule has 1 heterocycles. The molecule has 0 bridgehead atoms. The van der Waals surface area contributed by atoms with E-state index >= 15 is 0 Å². The maximum atomic E-state index is 11.6. The van der Waals surface area contributed by atoms with Gasteiger partial charge >= 0.3 is 12.1 Å². The molecule has 1 fully saturated rings. The number of likely N-dealkylation sites (N-methyl/N-ethyl adjacent to an activating group) is 1. The van der Waals surface area contributed by atoms with Crippen LogP contribution in [0.2, 0.25) is 0 Å². The maximum Gasteiger partial charge on any atom is 0.418 e. The molecular formula is C20H34N2O5. The monoisotopic (exact) mass is 382 g/mol. The lowest BCUT2D eigenvalue weighted by Crippen LogP contribution is -2.35. The Hall–Kier alpha value is -2.41. The van der Waals surface area contributed by atoms with E-state index in [9.17, 15) is 9.59 Å². The van der Waals surface area contributed by atoms with Gasteiger partial charge in [0.2, 0.25) is 0 Å². The maximum absolute atomic E-state index is 11.6. The van der Waals surface area contributed by atoms with Gasteiger partial charge in [0.05, 0.1) is 12.1 Å². The van der Waals surface area contributed by atoms with E-state index in [2.05, 4.69) is 0 Å². The zero-order valence-corrected chi connectivity index (χ0v) is 17.7. The molecule has 2 rings (SSSR count). The number of imide groups is 1. The highest BCUT2D eigenvalue weighted by atomic mass is 16.6. The van der Waals surface area contributed by atoms with Crippen LogP contribution in [0.15, 0.2) is 30.3 Å². The number of rotatable bonds is 2. The molecule has 1 aromatic rings. The molecule has 1 aliphatic heterocycles. The Balaban J connectivity index is 0. The number of methoxy groups -OCH3 is 1. The van der Waals surface area contributed by atoms with E-state index in [0.717, 1.165) is 10.5 Å². The summed E-state index contributed by atoms with van der Waals surface area (Å²) in [5, 5.41) is 0. The second-order valence-electron chi connectivity index (χ2n) is 6.21. The Morgan fingerprint density at radius 2 is 1.59 bits per heavy atom. The quantitative estimate of drug-likeness (QED) is 0.774. The van der Waals surface area contributed by atoms with Crippen molar-refractivity contribution >= 4 is 18.9 Å². The van der Waals surface area contributed by atoms with Gasteiger partial charge in [0.1, 0.15) is 13.4 Å².